The summed E-state index contributed by atoms with van der Waals surface area (Å²) < 4.78 is 18.4. The standard InChI is InChI=1S/C26H31N3O4/c1-18(2)17-33-22-12-6-19(16-23(22)32-5)7-13-24(30)28-25(26-27-14-15-29(26)3)20-8-10-21(31-4)11-9-20/h6-16,18,25H,17H2,1-5H3,(H,28,30)/b13-7+. The van der Waals surface area contributed by atoms with Crippen molar-refractivity contribution in [3.8, 4) is 17.2 Å². The summed E-state index contributed by atoms with van der Waals surface area (Å²) in [4.78, 5) is 17.2. The Labute approximate surface area is 195 Å². The van der Waals surface area contributed by atoms with Crippen LogP contribution in [0, 0.1) is 5.92 Å². The maximum Gasteiger partial charge on any atom is 0.244 e. The summed E-state index contributed by atoms with van der Waals surface area (Å²) in [5.41, 5.74) is 1.73. The van der Waals surface area contributed by atoms with Crippen molar-refractivity contribution in [2.45, 2.75) is 19.9 Å². The molecule has 7 heteroatoms. The van der Waals surface area contributed by atoms with Crippen LogP contribution in [0.2, 0.25) is 0 Å². The predicted octanol–water partition coefficient (Wildman–Crippen LogP) is 4.39. The first-order valence-electron chi connectivity index (χ1n) is 10.8. The third kappa shape index (κ3) is 6.38. The second-order valence-electron chi connectivity index (χ2n) is 8.06. The Morgan fingerprint density at radius 2 is 1.85 bits per heavy atom. The molecule has 0 saturated heterocycles. The van der Waals surface area contributed by atoms with Crippen molar-refractivity contribution in [1.29, 1.82) is 0 Å². The van der Waals surface area contributed by atoms with Crippen LogP contribution in [0.3, 0.4) is 0 Å². The van der Waals surface area contributed by atoms with Gasteiger partial charge in [-0.05, 0) is 47.4 Å². The van der Waals surface area contributed by atoms with Crippen LogP contribution in [-0.2, 0) is 11.8 Å². The second kappa shape index (κ2) is 11.2. The molecule has 7 nitrogen and oxygen atoms in total. The van der Waals surface area contributed by atoms with Gasteiger partial charge in [0.25, 0.3) is 0 Å². The smallest absolute Gasteiger partial charge is 0.244 e. The van der Waals surface area contributed by atoms with Gasteiger partial charge in [-0.2, -0.15) is 0 Å². The van der Waals surface area contributed by atoms with E-state index >= 15 is 0 Å². The van der Waals surface area contributed by atoms with E-state index in [1.165, 1.54) is 6.08 Å². The van der Waals surface area contributed by atoms with Gasteiger partial charge in [0.2, 0.25) is 5.91 Å². The Balaban J connectivity index is 1.76. The molecule has 3 rings (SSSR count). The second-order valence-corrected chi connectivity index (χ2v) is 8.06. The number of hydrogen-bond acceptors (Lipinski definition) is 5. The van der Waals surface area contributed by atoms with Gasteiger partial charge in [-0.15, -0.1) is 0 Å². The Hall–Kier alpha value is -3.74. The molecular formula is C26H31N3O4. The molecule has 3 aromatic rings. The lowest BCUT2D eigenvalue weighted by Gasteiger charge is -2.18. The molecule has 0 bridgehead atoms. The predicted molar refractivity (Wildman–Crippen MR) is 129 cm³/mol. The topological polar surface area (TPSA) is 74.6 Å². The summed E-state index contributed by atoms with van der Waals surface area (Å²) in [7, 11) is 5.12. The number of rotatable bonds is 10. The number of ether oxygens (including phenoxy) is 3. The fourth-order valence-corrected chi connectivity index (χ4v) is 3.27. The molecule has 0 aliphatic heterocycles. The summed E-state index contributed by atoms with van der Waals surface area (Å²) in [5.74, 6) is 2.96. The molecule has 174 valence electrons. The normalized spacial score (nSPS) is 12.1. The zero-order valence-corrected chi connectivity index (χ0v) is 19.7. The van der Waals surface area contributed by atoms with Crippen LogP contribution >= 0.6 is 0 Å². The largest absolute Gasteiger partial charge is 0.497 e. The summed E-state index contributed by atoms with van der Waals surface area (Å²) in [6.45, 7) is 4.78. The monoisotopic (exact) mass is 449 g/mol. The zero-order chi connectivity index (χ0) is 23.8. The van der Waals surface area contributed by atoms with Crippen LogP contribution in [0.5, 0.6) is 17.2 Å². The molecule has 0 radical (unpaired) electrons. The number of amides is 1. The average Bonchev–Trinajstić information content (AvgIpc) is 3.25. The van der Waals surface area contributed by atoms with Crippen molar-refractivity contribution < 1.29 is 19.0 Å². The highest BCUT2D eigenvalue weighted by Crippen LogP contribution is 2.29. The number of methoxy groups -OCH3 is 2. The van der Waals surface area contributed by atoms with Crippen molar-refractivity contribution in [2.24, 2.45) is 13.0 Å². The quantitative estimate of drug-likeness (QED) is 0.465. The molecule has 0 aliphatic carbocycles. The van der Waals surface area contributed by atoms with Crippen molar-refractivity contribution >= 4 is 12.0 Å². The number of carbonyl (C=O) groups excluding carboxylic acids is 1. The van der Waals surface area contributed by atoms with E-state index in [0.717, 1.165) is 22.7 Å². The summed E-state index contributed by atoms with van der Waals surface area (Å²) in [6, 6.07) is 12.7. The minimum Gasteiger partial charge on any atom is -0.497 e. The van der Waals surface area contributed by atoms with Crippen LogP contribution in [0.4, 0.5) is 0 Å². The van der Waals surface area contributed by atoms with Crippen molar-refractivity contribution in [1.82, 2.24) is 14.9 Å². The van der Waals surface area contributed by atoms with Crippen LogP contribution in [0.15, 0.2) is 60.9 Å². The van der Waals surface area contributed by atoms with Crippen molar-refractivity contribution in [3.05, 3.63) is 77.9 Å². The molecule has 1 atom stereocenters. The first-order valence-corrected chi connectivity index (χ1v) is 10.8. The highest BCUT2D eigenvalue weighted by molar-refractivity contribution is 5.92. The number of benzene rings is 2. The third-order valence-electron chi connectivity index (χ3n) is 5.04. The van der Waals surface area contributed by atoms with E-state index in [-0.39, 0.29) is 5.91 Å². The van der Waals surface area contributed by atoms with Gasteiger partial charge < -0.3 is 24.1 Å². The molecule has 0 saturated carbocycles. The van der Waals surface area contributed by atoms with E-state index in [9.17, 15) is 4.79 Å². The minimum absolute atomic E-state index is 0.238. The Morgan fingerprint density at radius 3 is 2.45 bits per heavy atom. The molecule has 0 aliphatic rings. The number of imidazole rings is 1. The number of aryl methyl sites for hydroxylation is 1. The van der Waals surface area contributed by atoms with E-state index < -0.39 is 6.04 Å². The molecule has 1 heterocycles. The molecule has 0 fully saturated rings. The fourth-order valence-electron chi connectivity index (χ4n) is 3.27. The van der Waals surface area contributed by atoms with E-state index in [2.05, 4.69) is 24.1 Å². The van der Waals surface area contributed by atoms with E-state index in [1.54, 1.807) is 26.5 Å². The lowest BCUT2D eigenvalue weighted by atomic mass is 10.1. The molecule has 1 N–H and O–H groups in total. The number of nitrogens with one attached hydrogen (secondary N) is 1. The Morgan fingerprint density at radius 1 is 1.09 bits per heavy atom. The molecule has 1 amide bonds. The lowest BCUT2D eigenvalue weighted by molar-refractivity contribution is -0.117. The molecule has 0 spiro atoms. The minimum atomic E-state index is -0.408. The SMILES string of the molecule is COc1ccc(C(NC(=O)/C=C/c2ccc(OCC(C)C)c(OC)c2)c2nccn2C)cc1. The molecule has 2 aromatic carbocycles. The molecule has 33 heavy (non-hydrogen) atoms. The Kier molecular flexibility index (Phi) is 8.13. The van der Waals surface area contributed by atoms with Gasteiger partial charge in [0.05, 0.1) is 20.8 Å². The highest BCUT2D eigenvalue weighted by Gasteiger charge is 2.20. The van der Waals surface area contributed by atoms with E-state index in [4.69, 9.17) is 14.2 Å². The number of hydrogen-bond donors (Lipinski definition) is 1. The van der Waals surface area contributed by atoms with Gasteiger partial charge in [-0.25, -0.2) is 4.98 Å². The van der Waals surface area contributed by atoms with Gasteiger partial charge in [-0.1, -0.05) is 32.0 Å². The van der Waals surface area contributed by atoms with Crippen LogP contribution in [0.25, 0.3) is 6.08 Å². The van der Waals surface area contributed by atoms with Crippen LogP contribution < -0.4 is 19.5 Å². The average molecular weight is 450 g/mol. The number of aromatic nitrogens is 2. The van der Waals surface area contributed by atoms with Crippen LogP contribution in [0.1, 0.15) is 36.8 Å². The number of nitrogens with zero attached hydrogens (tertiary/aromatic N) is 2. The number of carbonyl (C=O) groups is 1. The third-order valence-corrected chi connectivity index (χ3v) is 5.04. The summed E-state index contributed by atoms with van der Waals surface area (Å²) >= 11 is 0. The van der Waals surface area contributed by atoms with Gasteiger partial charge >= 0.3 is 0 Å². The maximum absolute atomic E-state index is 12.8. The summed E-state index contributed by atoms with van der Waals surface area (Å²) in [5, 5.41) is 3.05. The van der Waals surface area contributed by atoms with E-state index in [0.29, 0.717) is 24.0 Å². The molecule has 1 aromatic heterocycles. The highest BCUT2D eigenvalue weighted by atomic mass is 16.5. The first-order chi connectivity index (χ1) is 15.9. The van der Waals surface area contributed by atoms with Crippen LogP contribution in [-0.4, -0.2) is 36.3 Å². The summed E-state index contributed by atoms with van der Waals surface area (Å²) in [6.07, 6.45) is 6.81. The zero-order valence-electron chi connectivity index (χ0n) is 19.7. The lowest BCUT2D eigenvalue weighted by Crippen LogP contribution is -2.29. The van der Waals surface area contributed by atoms with Gasteiger partial charge in [-0.3, -0.25) is 4.79 Å². The fraction of sp³-hybridized carbons (Fsp3) is 0.308. The van der Waals surface area contributed by atoms with Gasteiger partial charge in [0, 0.05) is 25.5 Å². The molecule has 1 unspecified atom stereocenters. The van der Waals surface area contributed by atoms with Crippen molar-refractivity contribution in [3.63, 3.8) is 0 Å². The first kappa shape index (κ1) is 23.9. The molecular weight excluding hydrogens is 418 g/mol. The van der Waals surface area contributed by atoms with Crippen molar-refractivity contribution in [2.75, 3.05) is 20.8 Å². The van der Waals surface area contributed by atoms with Gasteiger partial charge in [0.1, 0.15) is 17.6 Å². The Bertz CT molecular complexity index is 1090. The van der Waals surface area contributed by atoms with Gasteiger partial charge in [0.15, 0.2) is 11.5 Å². The maximum atomic E-state index is 12.8. The van der Waals surface area contributed by atoms with E-state index in [1.807, 2.05) is 60.3 Å².